The lowest BCUT2D eigenvalue weighted by molar-refractivity contribution is -0.274. The van der Waals surface area contributed by atoms with Crippen molar-refractivity contribution in [3.05, 3.63) is 46.8 Å². The first kappa shape index (κ1) is 23.4. The van der Waals surface area contributed by atoms with Crippen LogP contribution in [0.15, 0.2) is 24.4 Å². The van der Waals surface area contributed by atoms with Gasteiger partial charge in [-0.3, -0.25) is 0 Å². The van der Waals surface area contributed by atoms with Crippen LogP contribution >= 0.6 is 0 Å². The van der Waals surface area contributed by atoms with E-state index < -0.39 is 12.1 Å². The number of alkyl halides is 3. The number of ether oxygens (including phenoxy) is 1. The molecule has 1 aromatic carbocycles. The molecule has 0 unspecified atom stereocenters. The van der Waals surface area contributed by atoms with Gasteiger partial charge in [0.15, 0.2) is 0 Å². The van der Waals surface area contributed by atoms with Gasteiger partial charge in [0.2, 0.25) is 5.95 Å². The van der Waals surface area contributed by atoms with E-state index in [0.717, 1.165) is 0 Å². The van der Waals surface area contributed by atoms with E-state index in [0.29, 0.717) is 48.6 Å². The van der Waals surface area contributed by atoms with Crippen LogP contribution in [0.3, 0.4) is 0 Å². The molecular formula is C23H23F3N4O2. The monoisotopic (exact) mass is 444 g/mol. The molecule has 0 amide bonds. The molecule has 3 rings (SSSR count). The number of hydrogen-bond acceptors (Lipinski definition) is 6. The summed E-state index contributed by atoms with van der Waals surface area (Å²) in [5.74, 6) is 2.28. The number of aliphatic hydroxyl groups excluding tert-OH is 1. The molecule has 168 valence electrons. The molecular weight excluding hydrogens is 421 g/mol. The number of nitrogens with zero attached hydrogens (tertiary/aromatic N) is 3. The normalized spacial score (nSPS) is 19.4. The maximum Gasteiger partial charge on any atom is 0.573 e. The maximum atomic E-state index is 12.6. The van der Waals surface area contributed by atoms with E-state index in [-0.39, 0.29) is 23.0 Å². The highest BCUT2D eigenvalue weighted by Crippen LogP contribution is 2.47. The molecule has 1 aliphatic carbocycles. The van der Waals surface area contributed by atoms with Crippen LogP contribution in [0, 0.1) is 35.0 Å². The van der Waals surface area contributed by atoms with Crippen molar-refractivity contribution in [3.63, 3.8) is 0 Å². The highest BCUT2D eigenvalue weighted by atomic mass is 19.4. The predicted octanol–water partition coefficient (Wildman–Crippen LogP) is 3.83. The Hall–Kier alpha value is -3.30. The zero-order valence-corrected chi connectivity index (χ0v) is 17.7. The van der Waals surface area contributed by atoms with E-state index in [4.69, 9.17) is 6.42 Å². The van der Waals surface area contributed by atoms with E-state index >= 15 is 0 Å². The third-order valence-electron chi connectivity index (χ3n) is 5.97. The summed E-state index contributed by atoms with van der Waals surface area (Å²) in [4.78, 5) is 8.60. The fraction of sp³-hybridized carbons (Fsp3) is 0.435. The molecule has 0 saturated heterocycles. The van der Waals surface area contributed by atoms with Gasteiger partial charge in [0, 0.05) is 6.54 Å². The maximum absolute atomic E-state index is 12.6. The zero-order chi connectivity index (χ0) is 23.5. The van der Waals surface area contributed by atoms with Gasteiger partial charge in [-0.1, -0.05) is 25.8 Å². The first-order valence-corrected chi connectivity index (χ1v) is 10.1. The summed E-state index contributed by atoms with van der Waals surface area (Å²) in [6, 6.07) is 6.40. The molecule has 32 heavy (non-hydrogen) atoms. The Morgan fingerprint density at radius 2 is 2.09 bits per heavy atom. The Morgan fingerprint density at radius 3 is 2.69 bits per heavy atom. The Morgan fingerprint density at radius 1 is 1.34 bits per heavy atom. The summed E-state index contributed by atoms with van der Waals surface area (Å²) in [6.45, 7) is 4.32. The van der Waals surface area contributed by atoms with Gasteiger partial charge in [0.25, 0.3) is 0 Å². The molecule has 1 aromatic heterocycles. The lowest BCUT2D eigenvalue weighted by atomic mass is 9.58. The van der Waals surface area contributed by atoms with E-state index in [1.54, 1.807) is 6.07 Å². The highest BCUT2D eigenvalue weighted by Gasteiger charge is 2.47. The Kier molecular flexibility index (Phi) is 6.61. The van der Waals surface area contributed by atoms with E-state index in [9.17, 15) is 23.5 Å². The summed E-state index contributed by atoms with van der Waals surface area (Å²) in [5.41, 5.74) is 1.35. The van der Waals surface area contributed by atoms with Gasteiger partial charge >= 0.3 is 6.36 Å². The zero-order valence-electron chi connectivity index (χ0n) is 17.7. The van der Waals surface area contributed by atoms with Crippen LogP contribution in [0.1, 0.15) is 42.7 Å². The second-order valence-electron chi connectivity index (χ2n) is 8.34. The van der Waals surface area contributed by atoms with Crippen LogP contribution in [0.5, 0.6) is 5.75 Å². The van der Waals surface area contributed by atoms with Gasteiger partial charge in [-0.05, 0) is 48.3 Å². The average Bonchev–Trinajstić information content (AvgIpc) is 2.73. The quantitative estimate of drug-likeness (QED) is 0.631. The van der Waals surface area contributed by atoms with Crippen molar-refractivity contribution < 1.29 is 23.0 Å². The topological polar surface area (TPSA) is 91.1 Å². The Balaban J connectivity index is 1.66. The van der Waals surface area contributed by atoms with Crippen molar-refractivity contribution >= 4 is 5.95 Å². The smallest absolute Gasteiger partial charge is 0.404 e. The van der Waals surface area contributed by atoms with Gasteiger partial charge < -0.3 is 15.2 Å². The van der Waals surface area contributed by atoms with Crippen molar-refractivity contribution in [2.24, 2.45) is 11.3 Å². The molecule has 2 atom stereocenters. The summed E-state index contributed by atoms with van der Waals surface area (Å²) in [5, 5.41) is 22.4. The molecule has 0 spiro atoms. The number of benzene rings is 1. The first-order valence-electron chi connectivity index (χ1n) is 10.1. The number of aliphatic hydroxyl groups is 1. The highest BCUT2D eigenvalue weighted by molar-refractivity contribution is 5.47. The Labute approximate surface area is 184 Å². The number of nitrogens with one attached hydrogen (secondary N) is 1. The van der Waals surface area contributed by atoms with Gasteiger partial charge in [-0.25, -0.2) is 9.97 Å². The van der Waals surface area contributed by atoms with Crippen molar-refractivity contribution in [1.82, 2.24) is 9.97 Å². The minimum absolute atomic E-state index is 0.0168. The summed E-state index contributed by atoms with van der Waals surface area (Å²) in [7, 11) is 0. The van der Waals surface area contributed by atoms with E-state index in [1.807, 2.05) is 13.8 Å². The van der Waals surface area contributed by atoms with Gasteiger partial charge in [0.1, 0.15) is 11.8 Å². The van der Waals surface area contributed by atoms with Crippen LogP contribution in [-0.2, 0) is 12.8 Å². The lowest BCUT2D eigenvalue weighted by Gasteiger charge is -2.49. The van der Waals surface area contributed by atoms with Crippen LogP contribution in [0.2, 0.25) is 0 Å². The van der Waals surface area contributed by atoms with Gasteiger partial charge in [0.05, 0.1) is 29.1 Å². The fourth-order valence-electron chi connectivity index (χ4n) is 3.69. The largest absolute Gasteiger partial charge is 0.573 e. The van der Waals surface area contributed by atoms with Crippen LogP contribution in [0.25, 0.3) is 0 Å². The molecule has 0 radical (unpaired) electrons. The van der Waals surface area contributed by atoms with E-state index in [1.165, 1.54) is 18.3 Å². The average molecular weight is 444 g/mol. The fourth-order valence-corrected chi connectivity index (χ4v) is 3.69. The predicted molar refractivity (Wildman–Crippen MR) is 112 cm³/mol. The van der Waals surface area contributed by atoms with Crippen molar-refractivity contribution in [3.8, 4) is 24.2 Å². The van der Waals surface area contributed by atoms with Crippen molar-refractivity contribution in [2.75, 3.05) is 11.9 Å². The van der Waals surface area contributed by atoms with E-state index in [2.05, 4.69) is 32.0 Å². The number of halogens is 3. The number of nitriles is 1. The third kappa shape index (κ3) is 5.30. The molecule has 1 saturated carbocycles. The minimum atomic E-state index is -4.83. The van der Waals surface area contributed by atoms with Crippen LogP contribution in [-0.4, -0.2) is 34.1 Å². The summed E-state index contributed by atoms with van der Waals surface area (Å²) in [6.07, 6.45) is 3.07. The number of terminal acetylenes is 1. The van der Waals surface area contributed by atoms with Gasteiger partial charge in [-0.15, -0.1) is 19.6 Å². The Bertz CT molecular complexity index is 1070. The molecule has 2 N–H and O–H groups in total. The third-order valence-corrected chi connectivity index (χ3v) is 5.97. The summed E-state index contributed by atoms with van der Waals surface area (Å²) < 4.78 is 41.8. The molecule has 1 heterocycles. The molecule has 0 bridgehead atoms. The second-order valence-corrected chi connectivity index (χ2v) is 8.34. The van der Waals surface area contributed by atoms with Crippen molar-refractivity contribution in [1.29, 1.82) is 5.26 Å². The number of aromatic nitrogens is 2. The molecule has 1 fully saturated rings. The van der Waals surface area contributed by atoms with Gasteiger partial charge in [-0.2, -0.15) is 5.26 Å². The van der Waals surface area contributed by atoms with Crippen LogP contribution < -0.4 is 10.1 Å². The lowest BCUT2D eigenvalue weighted by Crippen LogP contribution is -2.50. The molecule has 0 aliphatic heterocycles. The molecule has 9 heteroatoms. The molecule has 2 aromatic rings. The second kappa shape index (κ2) is 9.05. The SMILES string of the molecule is C#Cc1ccc(CCNc2ncc(C#N)c(C[C@@H]3C[C@H](O)C3(C)C)n2)cc1OC(F)(F)F. The number of rotatable bonds is 7. The standard InChI is InChI=1S/C23H23F3N4O2/c1-4-15-6-5-14(9-19(15)32-23(24,25)26)7-8-28-21-29-13-16(12-27)18(30-21)10-17-11-20(31)22(17,2)3/h1,5-6,9,13,17,20,31H,7-8,10-11H2,2-3H3,(H,28,29,30)/t17-,20+/m1/s1. The first-order chi connectivity index (χ1) is 15.0. The van der Waals surface area contributed by atoms with Crippen molar-refractivity contribution in [2.45, 2.75) is 45.6 Å². The molecule has 6 nitrogen and oxygen atoms in total. The van der Waals surface area contributed by atoms with Crippen LogP contribution in [0.4, 0.5) is 19.1 Å². The number of hydrogen-bond donors (Lipinski definition) is 2. The summed E-state index contributed by atoms with van der Waals surface area (Å²) >= 11 is 0. The molecule has 1 aliphatic rings. The minimum Gasteiger partial charge on any atom is -0.404 e. The number of anilines is 1.